The number of methoxy groups -OCH3 is 2. The number of anilines is 1. The predicted molar refractivity (Wildman–Crippen MR) is 83.8 cm³/mol. The van der Waals surface area contributed by atoms with Crippen molar-refractivity contribution in [1.82, 2.24) is 4.31 Å². The quantitative estimate of drug-likeness (QED) is 0.788. The van der Waals surface area contributed by atoms with Gasteiger partial charge in [0.1, 0.15) is 10.6 Å². The predicted octanol–water partition coefficient (Wildman–Crippen LogP) is 1.70. The van der Waals surface area contributed by atoms with Crippen molar-refractivity contribution in [2.45, 2.75) is 11.3 Å². The molecule has 1 aliphatic rings. The van der Waals surface area contributed by atoms with Gasteiger partial charge >= 0.3 is 0 Å². The van der Waals surface area contributed by atoms with Crippen molar-refractivity contribution in [3.8, 4) is 5.75 Å². The van der Waals surface area contributed by atoms with Crippen molar-refractivity contribution in [3.05, 3.63) is 16.6 Å². The highest BCUT2D eigenvalue weighted by Crippen LogP contribution is 2.35. The molecule has 1 atom stereocenters. The average molecular weight is 379 g/mol. The van der Waals surface area contributed by atoms with E-state index < -0.39 is 10.0 Å². The number of nitrogens with two attached hydrogens (primary N) is 1. The van der Waals surface area contributed by atoms with Crippen LogP contribution in [0.5, 0.6) is 5.75 Å². The van der Waals surface area contributed by atoms with Crippen LogP contribution in [0.3, 0.4) is 0 Å². The molecule has 2 N–H and O–H groups in total. The fourth-order valence-corrected chi connectivity index (χ4v) is 4.46. The zero-order valence-corrected chi connectivity index (χ0v) is 14.4. The minimum absolute atomic E-state index is 0.101. The highest BCUT2D eigenvalue weighted by molar-refractivity contribution is 9.10. The molecule has 0 aromatic heterocycles. The van der Waals surface area contributed by atoms with Gasteiger partial charge in [0, 0.05) is 30.4 Å². The Hall–Kier alpha value is -0.830. The van der Waals surface area contributed by atoms with E-state index in [-0.39, 0.29) is 16.6 Å². The van der Waals surface area contributed by atoms with E-state index in [1.54, 1.807) is 13.2 Å². The Labute approximate surface area is 133 Å². The summed E-state index contributed by atoms with van der Waals surface area (Å²) >= 11 is 3.27. The van der Waals surface area contributed by atoms with Gasteiger partial charge in [-0.3, -0.25) is 0 Å². The lowest BCUT2D eigenvalue weighted by Gasteiger charge is -2.19. The SMILES string of the molecule is COCC1CCN(S(=O)(=O)c2cc(N)c(Br)cc2OC)C1. The Bertz CT molecular complexity index is 621. The highest BCUT2D eigenvalue weighted by Gasteiger charge is 2.34. The summed E-state index contributed by atoms with van der Waals surface area (Å²) in [4.78, 5) is 0.101. The molecule has 2 rings (SSSR count). The zero-order chi connectivity index (χ0) is 15.6. The fraction of sp³-hybridized carbons (Fsp3) is 0.538. The van der Waals surface area contributed by atoms with E-state index >= 15 is 0 Å². The first kappa shape index (κ1) is 16.5. The third-order valence-electron chi connectivity index (χ3n) is 3.55. The van der Waals surface area contributed by atoms with Crippen molar-refractivity contribution in [3.63, 3.8) is 0 Å². The average Bonchev–Trinajstić information content (AvgIpc) is 2.91. The van der Waals surface area contributed by atoms with Gasteiger partial charge < -0.3 is 15.2 Å². The molecule has 0 amide bonds. The van der Waals surface area contributed by atoms with Crippen molar-refractivity contribution in [2.75, 3.05) is 39.6 Å². The molecule has 0 bridgehead atoms. The second kappa shape index (κ2) is 6.51. The minimum atomic E-state index is -3.62. The number of nitrogen functional groups attached to an aromatic ring is 1. The summed E-state index contributed by atoms with van der Waals surface area (Å²) in [6.45, 7) is 1.50. The Morgan fingerprint density at radius 1 is 1.43 bits per heavy atom. The van der Waals surface area contributed by atoms with E-state index in [0.29, 0.717) is 29.9 Å². The molecule has 1 saturated heterocycles. The van der Waals surface area contributed by atoms with Crippen LogP contribution < -0.4 is 10.5 Å². The van der Waals surface area contributed by atoms with Crippen LogP contribution in [0.1, 0.15) is 6.42 Å². The molecule has 21 heavy (non-hydrogen) atoms. The largest absolute Gasteiger partial charge is 0.495 e. The fourth-order valence-electron chi connectivity index (χ4n) is 2.44. The monoisotopic (exact) mass is 378 g/mol. The number of halogens is 1. The lowest BCUT2D eigenvalue weighted by Crippen LogP contribution is -2.29. The molecule has 1 aromatic rings. The van der Waals surface area contributed by atoms with Crippen LogP contribution >= 0.6 is 15.9 Å². The Morgan fingerprint density at radius 2 is 2.14 bits per heavy atom. The third kappa shape index (κ3) is 3.33. The number of hydrogen-bond acceptors (Lipinski definition) is 5. The van der Waals surface area contributed by atoms with Crippen LogP contribution in [0.15, 0.2) is 21.5 Å². The molecule has 0 radical (unpaired) electrons. The van der Waals surface area contributed by atoms with E-state index in [1.807, 2.05) is 0 Å². The number of hydrogen-bond donors (Lipinski definition) is 1. The topological polar surface area (TPSA) is 81.9 Å². The van der Waals surface area contributed by atoms with Crippen LogP contribution in [-0.2, 0) is 14.8 Å². The summed E-state index contributed by atoms with van der Waals surface area (Å²) in [5.41, 5.74) is 6.17. The first-order valence-corrected chi connectivity index (χ1v) is 8.75. The molecule has 1 fully saturated rings. The number of ether oxygens (including phenoxy) is 2. The molecule has 0 saturated carbocycles. The summed E-state index contributed by atoms with van der Waals surface area (Å²) in [5, 5.41) is 0. The first-order valence-electron chi connectivity index (χ1n) is 6.52. The molecule has 1 unspecified atom stereocenters. The van der Waals surface area contributed by atoms with Crippen LogP contribution in [0.25, 0.3) is 0 Å². The smallest absolute Gasteiger partial charge is 0.246 e. The molecule has 1 heterocycles. The maximum atomic E-state index is 12.8. The third-order valence-corrected chi connectivity index (χ3v) is 6.12. The lowest BCUT2D eigenvalue weighted by molar-refractivity contribution is 0.157. The van der Waals surface area contributed by atoms with Gasteiger partial charge in [-0.25, -0.2) is 8.42 Å². The number of benzene rings is 1. The second-order valence-electron chi connectivity index (χ2n) is 5.00. The van der Waals surface area contributed by atoms with E-state index in [9.17, 15) is 8.42 Å². The summed E-state index contributed by atoms with van der Waals surface area (Å²) in [6.07, 6.45) is 0.793. The van der Waals surface area contributed by atoms with Crippen molar-refractivity contribution in [2.24, 2.45) is 5.92 Å². The van der Waals surface area contributed by atoms with Gasteiger partial charge in [-0.1, -0.05) is 0 Å². The maximum absolute atomic E-state index is 12.8. The lowest BCUT2D eigenvalue weighted by atomic mass is 10.1. The number of rotatable bonds is 5. The van der Waals surface area contributed by atoms with Crippen LogP contribution in [0.4, 0.5) is 5.69 Å². The van der Waals surface area contributed by atoms with E-state index in [1.165, 1.54) is 17.5 Å². The van der Waals surface area contributed by atoms with Gasteiger partial charge in [-0.05, 0) is 40.4 Å². The Balaban J connectivity index is 2.34. The van der Waals surface area contributed by atoms with E-state index in [2.05, 4.69) is 15.9 Å². The van der Waals surface area contributed by atoms with Crippen LogP contribution in [0.2, 0.25) is 0 Å². The van der Waals surface area contributed by atoms with Crippen molar-refractivity contribution >= 4 is 31.6 Å². The molecule has 6 nitrogen and oxygen atoms in total. The van der Waals surface area contributed by atoms with Gasteiger partial charge in [-0.2, -0.15) is 4.31 Å². The van der Waals surface area contributed by atoms with Gasteiger partial charge in [0.15, 0.2) is 0 Å². The normalized spacial score (nSPS) is 19.9. The molecule has 0 aliphatic carbocycles. The molecule has 1 aliphatic heterocycles. The van der Waals surface area contributed by atoms with Crippen LogP contribution in [-0.4, -0.2) is 46.6 Å². The number of nitrogens with zero attached hydrogens (tertiary/aromatic N) is 1. The van der Waals surface area contributed by atoms with E-state index in [4.69, 9.17) is 15.2 Å². The molecular formula is C13H19BrN2O4S. The maximum Gasteiger partial charge on any atom is 0.246 e. The summed E-state index contributed by atoms with van der Waals surface area (Å²) in [6, 6.07) is 3.01. The number of sulfonamides is 1. The van der Waals surface area contributed by atoms with Gasteiger partial charge in [0.25, 0.3) is 0 Å². The zero-order valence-electron chi connectivity index (χ0n) is 12.0. The van der Waals surface area contributed by atoms with E-state index in [0.717, 1.165) is 6.42 Å². The van der Waals surface area contributed by atoms with Crippen molar-refractivity contribution < 1.29 is 17.9 Å². The molecule has 1 aromatic carbocycles. The highest BCUT2D eigenvalue weighted by atomic mass is 79.9. The van der Waals surface area contributed by atoms with Gasteiger partial charge in [-0.15, -0.1) is 0 Å². The van der Waals surface area contributed by atoms with Gasteiger partial charge in [0.2, 0.25) is 10.0 Å². The van der Waals surface area contributed by atoms with Crippen molar-refractivity contribution in [1.29, 1.82) is 0 Å². The molecule has 8 heteroatoms. The molecule has 0 spiro atoms. The second-order valence-corrected chi connectivity index (χ2v) is 7.76. The summed E-state index contributed by atoms with van der Waals surface area (Å²) in [7, 11) is -0.560. The standard InChI is InChI=1S/C13H19BrN2O4S/c1-19-8-9-3-4-16(7-9)21(17,18)13-6-11(15)10(14)5-12(13)20-2/h5-6,9H,3-4,7-8,15H2,1-2H3. The summed E-state index contributed by atoms with van der Waals surface area (Å²) < 4.78 is 37.9. The van der Waals surface area contributed by atoms with Gasteiger partial charge in [0.05, 0.1) is 13.7 Å². The molecule has 118 valence electrons. The van der Waals surface area contributed by atoms with Crippen LogP contribution in [0, 0.1) is 5.92 Å². The summed E-state index contributed by atoms with van der Waals surface area (Å²) in [5.74, 6) is 0.509. The Morgan fingerprint density at radius 3 is 2.76 bits per heavy atom. The Kier molecular flexibility index (Phi) is 5.13. The molecular weight excluding hydrogens is 360 g/mol. The first-order chi connectivity index (χ1) is 9.90. The minimum Gasteiger partial charge on any atom is -0.495 e.